The second kappa shape index (κ2) is 8.10. The van der Waals surface area contributed by atoms with Crippen molar-refractivity contribution in [2.24, 2.45) is 0 Å². The molecule has 1 atom stereocenters. The molecule has 0 aromatic heterocycles. The zero-order valence-corrected chi connectivity index (χ0v) is 16.7. The second-order valence-electron chi connectivity index (χ2n) is 6.94. The van der Waals surface area contributed by atoms with Gasteiger partial charge in [0, 0.05) is 17.1 Å². The van der Waals surface area contributed by atoms with Crippen LogP contribution in [-0.2, 0) is 11.2 Å². The van der Waals surface area contributed by atoms with Gasteiger partial charge in [0.2, 0.25) is 0 Å². The zero-order chi connectivity index (χ0) is 20.4. The highest BCUT2D eigenvalue weighted by Gasteiger charge is 2.33. The van der Waals surface area contributed by atoms with E-state index in [1.165, 1.54) is 12.7 Å². The molecule has 0 aliphatic carbocycles. The Morgan fingerprint density at radius 3 is 2.21 bits per heavy atom. The van der Waals surface area contributed by atoms with Crippen LogP contribution in [0.25, 0.3) is 0 Å². The number of rotatable bonds is 3. The minimum absolute atomic E-state index is 0.0964. The highest BCUT2D eigenvalue weighted by Crippen LogP contribution is 2.38. The first-order valence-corrected chi connectivity index (χ1v) is 9.79. The summed E-state index contributed by atoms with van der Waals surface area (Å²) >= 11 is 6.52. The summed E-state index contributed by atoms with van der Waals surface area (Å²) in [5, 5.41) is 0.632. The lowest BCUT2D eigenvalue weighted by Gasteiger charge is -2.38. The van der Waals surface area contributed by atoms with Crippen molar-refractivity contribution < 1.29 is 14.3 Å². The van der Waals surface area contributed by atoms with E-state index in [2.05, 4.69) is 12.1 Å². The van der Waals surface area contributed by atoms with Crippen molar-refractivity contribution in [1.29, 1.82) is 0 Å². The molecule has 0 bridgehead atoms. The van der Waals surface area contributed by atoms with Gasteiger partial charge in [-0.2, -0.15) is 0 Å². The Hall–Kier alpha value is -3.11. The van der Waals surface area contributed by atoms with Crippen LogP contribution in [0.15, 0.2) is 72.8 Å². The number of nitrogens with zero attached hydrogens (tertiary/aromatic N) is 1. The summed E-state index contributed by atoms with van der Waals surface area (Å²) in [6.45, 7) is 0.588. The van der Waals surface area contributed by atoms with Crippen molar-refractivity contribution in [1.82, 2.24) is 4.90 Å². The Balaban J connectivity index is 1.74. The number of esters is 1. The summed E-state index contributed by atoms with van der Waals surface area (Å²) in [5.74, 6) is -0.523. The second-order valence-corrected chi connectivity index (χ2v) is 7.35. The Morgan fingerprint density at radius 1 is 0.897 bits per heavy atom. The fraction of sp³-hybridized carbons (Fsp3) is 0.167. The van der Waals surface area contributed by atoms with Gasteiger partial charge in [0.05, 0.1) is 18.7 Å². The van der Waals surface area contributed by atoms with Crippen molar-refractivity contribution >= 4 is 23.5 Å². The summed E-state index contributed by atoms with van der Waals surface area (Å²) in [6.07, 6.45) is 0.781. The molecule has 4 rings (SSSR count). The lowest BCUT2D eigenvalue weighted by atomic mass is 9.87. The number of amides is 1. The number of hydrogen-bond acceptors (Lipinski definition) is 3. The molecule has 1 aliphatic heterocycles. The Labute approximate surface area is 174 Å². The molecule has 0 spiro atoms. The maximum atomic E-state index is 13.4. The van der Waals surface area contributed by atoms with E-state index in [1.54, 1.807) is 24.3 Å². The molecule has 5 heteroatoms. The number of hydrogen-bond donors (Lipinski definition) is 0. The van der Waals surface area contributed by atoms with Gasteiger partial charge in [-0.15, -0.1) is 0 Å². The molecule has 0 saturated carbocycles. The number of carbonyl (C=O) groups excluding carboxylic acids is 2. The van der Waals surface area contributed by atoms with Crippen LogP contribution in [0, 0.1) is 0 Å². The molecule has 1 unspecified atom stereocenters. The molecule has 0 fully saturated rings. The van der Waals surface area contributed by atoms with E-state index in [-0.39, 0.29) is 11.9 Å². The predicted octanol–water partition coefficient (Wildman–Crippen LogP) is 4.91. The molecule has 4 nitrogen and oxygen atoms in total. The number of ether oxygens (including phenoxy) is 1. The lowest BCUT2D eigenvalue weighted by molar-refractivity contribution is 0.0599. The third-order valence-electron chi connectivity index (χ3n) is 5.30. The molecule has 0 N–H and O–H groups in total. The zero-order valence-electron chi connectivity index (χ0n) is 16.0. The Kier molecular flexibility index (Phi) is 5.36. The van der Waals surface area contributed by atoms with Crippen LogP contribution in [0.5, 0.6) is 0 Å². The highest BCUT2D eigenvalue weighted by molar-refractivity contribution is 6.31. The van der Waals surface area contributed by atoms with Crippen molar-refractivity contribution in [2.45, 2.75) is 12.5 Å². The number of fused-ring (bicyclic) bond motifs is 1. The molecule has 0 saturated heterocycles. The summed E-state index contributed by atoms with van der Waals surface area (Å²) in [6, 6.07) is 22.1. The van der Waals surface area contributed by atoms with Crippen LogP contribution in [0.4, 0.5) is 0 Å². The lowest BCUT2D eigenvalue weighted by Crippen LogP contribution is -2.40. The van der Waals surface area contributed by atoms with Crippen LogP contribution < -0.4 is 0 Å². The summed E-state index contributed by atoms with van der Waals surface area (Å²) in [4.78, 5) is 27.0. The van der Waals surface area contributed by atoms with Crippen LogP contribution in [-0.4, -0.2) is 30.4 Å². The predicted molar refractivity (Wildman–Crippen MR) is 112 cm³/mol. The van der Waals surface area contributed by atoms with Crippen molar-refractivity contribution in [3.05, 3.63) is 106 Å². The van der Waals surface area contributed by atoms with E-state index in [1.807, 2.05) is 41.3 Å². The highest BCUT2D eigenvalue weighted by atomic mass is 35.5. The van der Waals surface area contributed by atoms with Crippen LogP contribution in [0.3, 0.4) is 0 Å². The van der Waals surface area contributed by atoms with E-state index < -0.39 is 5.97 Å². The molecule has 0 radical (unpaired) electrons. The number of benzene rings is 3. The first kappa shape index (κ1) is 19.2. The Bertz CT molecular complexity index is 1060. The minimum atomic E-state index is -0.426. The molecule has 1 amide bonds. The van der Waals surface area contributed by atoms with Gasteiger partial charge in [0.25, 0.3) is 5.91 Å². The number of methoxy groups -OCH3 is 1. The van der Waals surface area contributed by atoms with Crippen LogP contribution >= 0.6 is 11.6 Å². The molecule has 1 aliphatic rings. The van der Waals surface area contributed by atoms with E-state index in [0.717, 1.165) is 17.5 Å². The topological polar surface area (TPSA) is 46.6 Å². The van der Waals surface area contributed by atoms with Gasteiger partial charge < -0.3 is 9.64 Å². The standard InChI is InChI=1S/C24H20ClNO3/c1-29-24(28)18-12-10-17(11-13-18)23(27)26-15-14-16-6-2-3-7-19(16)22(26)20-8-4-5-9-21(20)25/h2-13,22H,14-15H2,1H3. The van der Waals surface area contributed by atoms with E-state index >= 15 is 0 Å². The van der Waals surface area contributed by atoms with Crippen LogP contribution in [0.1, 0.15) is 43.4 Å². The largest absolute Gasteiger partial charge is 0.465 e. The maximum absolute atomic E-state index is 13.4. The van der Waals surface area contributed by atoms with Crippen molar-refractivity contribution in [3.8, 4) is 0 Å². The Morgan fingerprint density at radius 2 is 1.52 bits per heavy atom. The van der Waals surface area contributed by atoms with E-state index in [0.29, 0.717) is 22.7 Å². The van der Waals surface area contributed by atoms with Crippen LogP contribution in [0.2, 0.25) is 5.02 Å². The fourth-order valence-electron chi connectivity index (χ4n) is 3.85. The first-order valence-electron chi connectivity index (χ1n) is 9.41. The SMILES string of the molecule is COC(=O)c1ccc(C(=O)N2CCc3ccccc3C2c2ccccc2Cl)cc1. The van der Waals surface area contributed by atoms with Gasteiger partial charge in [0.15, 0.2) is 0 Å². The molecular weight excluding hydrogens is 386 g/mol. The fourth-order valence-corrected chi connectivity index (χ4v) is 4.09. The van der Waals surface area contributed by atoms with Gasteiger partial charge in [0.1, 0.15) is 0 Å². The summed E-state index contributed by atoms with van der Waals surface area (Å²) in [7, 11) is 1.33. The van der Waals surface area contributed by atoms with Gasteiger partial charge in [-0.3, -0.25) is 4.79 Å². The smallest absolute Gasteiger partial charge is 0.337 e. The third kappa shape index (κ3) is 3.64. The molecular formula is C24H20ClNO3. The first-order chi connectivity index (χ1) is 14.1. The number of carbonyl (C=O) groups is 2. The van der Waals surface area contributed by atoms with E-state index in [9.17, 15) is 9.59 Å². The maximum Gasteiger partial charge on any atom is 0.337 e. The summed E-state index contributed by atoms with van der Waals surface area (Å²) < 4.78 is 4.73. The molecule has 3 aromatic rings. The van der Waals surface area contributed by atoms with E-state index in [4.69, 9.17) is 16.3 Å². The molecule has 146 valence electrons. The van der Waals surface area contributed by atoms with Gasteiger partial charge >= 0.3 is 5.97 Å². The molecule has 1 heterocycles. The van der Waals surface area contributed by atoms with Gasteiger partial charge in [-0.25, -0.2) is 4.79 Å². The molecule has 29 heavy (non-hydrogen) atoms. The molecule has 3 aromatic carbocycles. The average Bonchev–Trinajstić information content (AvgIpc) is 2.78. The normalized spacial score (nSPS) is 15.5. The third-order valence-corrected chi connectivity index (χ3v) is 5.64. The quantitative estimate of drug-likeness (QED) is 0.581. The monoisotopic (exact) mass is 405 g/mol. The number of halogens is 1. The van der Waals surface area contributed by atoms with Gasteiger partial charge in [-0.1, -0.05) is 54.1 Å². The van der Waals surface area contributed by atoms with Gasteiger partial charge in [-0.05, 0) is 53.4 Å². The van der Waals surface area contributed by atoms with Crippen molar-refractivity contribution in [3.63, 3.8) is 0 Å². The average molecular weight is 406 g/mol. The minimum Gasteiger partial charge on any atom is -0.465 e. The summed E-state index contributed by atoms with van der Waals surface area (Å²) in [5.41, 5.74) is 4.15. The van der Waals surface area contributed by atoms with Crippen molar-refractivity contribution in [2.75, 3.05) is 13.7 Å².